The normalized spacial score (nSPS) is 15.5. The van der Waals surface area contributed by atoms with Crippen LogP contribution in [0, 0.1) is 0 Å². The average molecular weight is 336 g/mol. The monoisotopic (exact) mass is 336 g/mol. The van der Waals surface area contributed by atoms with E-state index in [4.69, 9.17) is 5.73 Å². The summed E-state index contributed by atoms with van der Waals surface area (Å²) in [7, 11) is -0.170. The number of aryl methyl sites for hydroxylation is 1. The van der Waals surface area contributed by atoms with E-state index in [1.54, 1.807) is 12.1 Å². The highest BCUT2D eigenvalue weighted by molar-refractivity contribution is 7.89. The van der Waals surface area contributed by atoms with Crippen LogP contribution in [-0.2, 0) is 16.4 Å². The molecule has 0 bridgehead atoms. The van der Waals surface area contributed by atoms with E-state index in [0.29, 0.717) is 12.0 Å². The van der Waals surface area contributed by atoms with Crippen LogP contribution in [0.2, 0.25) is 0 Å². The summed E-state index contributed by atoms with van der Waals surface area (Å²) >= 11 is 0. The minimum Gasteiger partial charge on any atom is -0.366 e. The predicted octanol–water partition coefficient (Wildman–Crippen LogP) is 2.18. The van der Waals surface area contributed by atoms with Crippen molar-refractivity contribution in [2.75, 3.05) is 19.8 Å². The third kappa shape index (κ3) is 4.42. The highest BCUT2D eigenvalue weighted by Crippen LogP contribution is 2.30. The molecule has 0 radical (unpaired) electrons. The number of rotatable bonds is 6. The van der Waals surface area contributed by atoms with Crippen molar-refractivity contribution in [1.82, 2.24) is 4.31 Å². The quantitative estimate of drug-likeness (QED) is 0.864. The number of carbonyl (C=O) groups is 1. The SMILES string of the molecule is CN(C)S(=O)(=O)CCc1ccc(C(N)=O)c(C2=CCCCC2)c1. The first-order chi connectivity index (χ1) is 10.8. The Kier molecular flexibility index (Phi) is 5.59. The second-order valence-corrected chi connectivity index (χ2v) is 8.37. The lowest BCUT2D eigenvalue weighted by Gasteiger charge is -2.17. The first-order valence-electron chi connectivity index (χ1n) is 7.83. The highest BCUT2D eigenvalue weighted by Gasteiger charge is 2.17. The molecule has 1 aromatic rings. The lowest BCUT2D eigenvalue weighted by Crippen LogP contribution is -2.26. The molecule has 0 heterocycles. The van der Waals surface area contributed by atoms with Crippen LogP contribution in [0.5, 0.6) is 0 Å². The van der Waals surface area contributed by atoms with Crippen LogP contribution >= 0.6 is 0 Å². The number of primary amides is 1. The molecule has 23 heavy (non-hydrogen) atoms. The van der Waals surface area contributed by atoms with Crippen molar-refractivity contribution in [3.05, 3.63) is 41.0 Å². The third-order valence-electron chi connectivity index (χ3n) is 4.19. The number of nitrogens with two attached hydrogens (primary N) is 1. The zero-order chi connectivity index (χ0) is 17.0. The van der Waals surface area contributed by atoms with E-state index < -0.39 is 15.9 Å². The van der Waals surface area contributed by atoms with Gasteiger partial charge >= 0.3 is 0 Å². The fraction of sp³-hybridized carbons (Fsp3) is 0.471. The largest absolute Gasteiger partial charge is 0.366 e. The number of benzene rings is 1. The summed E-state index contributed by atoms with van der Waals surface area (Å²) in [6.45, 7) is 0. The second-order valence-electron chi connectivity index (χ2n) is 6.07. The van der Waals surface area contributed by atoms with Gasteiger partial charge in [-0.05, 0) is 54.9 Å². The summed E-state index contributed by atoms with van der Waals surface area (Å²) < 4.78 is 25.0. The summed E-state index contributed by atoms with van der Waals surface area (Å²) in [5, 5.41) is 0. The summed E-state index contributed by atoms with van der Waals surface area (Å²) in [6.07, 6.45) is 6.78. The molecule has 0 aliphatic heterocycles. The fourth-order valence-electron chi connectivity index (χ4n) is 2.74. The number of hydrogen-bond acceptors (Lipinski definition) is 3. The maximum absolute atomic E-state index is 11.9. The molecule has 1 aliphatic rings. The van der Waals surface area contributed by atoms with Crippen molar-refractivity contribution in [2.45, 2.75) is 32.1 Å². The number of hydrogen-bond donors (Lipinski definition) is 1. The zero-order valence-electron chi connectivity index (χ0n) is 13.7. The number of allylic oxidation sites excluding steroid dienone is 2. The van der Waals surface area contributed by atoms with Crippen molar-refractivity contribution in [1.29, 1.82) is 0 Å². The Bertz CT molecular complexity index is 721. The van der Waals surface area contributed by atoms with E-state index in [1.807, 2.05) is 6.07 Å². The molecule has 0 aromatic heterocycles. The summed E-state index contributed by atoms with van der Waals surface area (Å²) in [6, 6.07) is 5.42. The summed E-state index contributed by atoms with van der Waals surface area (Å²) in [5.41, 5.74) is 8.90. The van der Waals surface area contributed by atoms with Crippen molar-refractivity contribution >= 4 is 21.5 Å². The first-order valence-corrected chi connectivity index (χ1v) is 9.44. The van der Waals surface area contributed by atoms with Crippen LogP contribution < -0.4 is 5.73 Å². The van der Waals surface area contributed by atoms with Gasteiger partial charge in [-0.3, -0.25) is 4.79 Å². The van der Waals surface area contributed by atoms with Gasteiger partial charge in [-0.2, -0.15) is 0 Å². The smallest absolute Gasteiger partial charge is 0.249 e. The number of nitrogens with zero attached hydrogens (tertiary/aromatic N) is 1. The van der Waals surface area contributed by atoms with Crippen LogP contribution in [0.3, 0.4) is 0 Å². The van der Waals surface area contributed by atoms with E-state index in [2.05, 4.69) is 6.08 Å². The maximum atomic E-state index is 11.9. The topological polar surface area (TPSA) is 80.5 Å². The van der Waals surface area contributed by atoms with Gasteiger partial charge in [0.2, 0.25) is 15.9 Å². The van der Waals surface area contributed by atoms with Crippen molar-refractivity contribution in [2.24, 2.45) is 5.73 Å². The van der Waals surface area contributed by atoms with Crippen molar-refractivity contribution in [3.63, 3.8) is 0 Å². The van der Waals surface area contributed by atoms with Crippen LogP contribution in [0.15, 0.2) is 24.3 Å². The first kappa shape index (κ1) is 17.7. The van der Waals surface area contributed by atoms with Crippen molar-refractivity contribution in [3.8, 4) is 0 Å². The number of sulfonamides is 1. The van der Waals surface area contributed by atoms with E-state index >= 15 is 0 Å². The van der Waals surface area contributed by atoms with Gasteiger partial charge in [0.1, 0.15) is 0 Å². The lowest BCUT2D eigenvalue weighted by atomic mass is 9.89. The van der Waals surface area contributed by atoms with Gasteiger partial charge in [0.05, 0.1) is 5.75 Å². The predicted molar refractivity (Wildman–Crippen MR) is 92.6 cm³/mol. The minimum atomic E-state index is -3.23. The van der Waals surface area contributed by atoms with E-state index in [-0.39, 0.29) is 5.75 Å². The Morgan fingerprint density at radius 2 is 2.00 bits per heavy atom. The molecule has 0 unspecified atom stereocenters. The number of carbonyl (C=O) groups excluding carboxylic acids is 1. The molecule has 0 atom stereocenters. The van der Waals surface area contributed by atoms with Crippen molar-refractivity contribution < 1.29 is 13.2 Å². The molecule has 0 saturated heterocycles. The Hall–Kier alpha value is -1.66. The Morgan fingerprint density at radius 3 is 2.57 bits per heavy atom. The van der Waals surface area contributed by atoms with Gasteiger partial charge in [-0.1, -0.05) is 18.2 Å². The molecule has 0 spiro atoms. The van der Waals surface area contributed by atoms with Crippen LogP contribution in [0.25, 0.3) is 5.57 Å². The zero-order valence-corrected chi connectivity index (χ0v) is 14.5. The van der Waals surface area contributed by atoms with Gasteiger partial charge in [-0.15, -0.1) is 0 Å². The fourth-order valence-corrected chi connectivity index (χ4v) is 3.60. The Balaban J connectivity index is 2.29. The molecule has 1 amide bonds. The molecular weight excluding hydrogens is 312 g/mol. The highest BCUT2D eigenvalue weighted by atomic mass is 32.2. The molecular formula is C17H24N2O3S. The molecule has 1 aliphatic carbocycles. The molecule has 2 rings (SSSR count). The Morgan fingerprint density at radius 1 is 1.26 bits per heavy atom. The van der Waals surface area contributed by atoms with E-state index in [9.17, 15) is 13.2 Å². The molecule has 6 heteroatoms. The van der Waals surface area contributed by atoms with Gasteiger partial charge in [0.15, 0.2) is 0 Å². The molecule has 5 nitrogen and oxygen atoms in total. The standard InChI is InChI=1S/C17H24N2O3S/c1-19(2)23(21,22)11-10-13-8-9-15(17(18)20)16(12-13)14-6-4-3-5-7-14/h6,8-9,12H,3-5,7,10-11H2,1-2H3,(H2,18,20). The molecule has 0 saturated carbocycles. The van der Waals surface area contributed by atoms with E-state index in [0.717, 1.165) is 42.4 Å². The van der Waals surface area contributed by atoms with Crippen LogP contribution in [0.4, 0.5) is 0 Å². The third-order valence-corrected chi connectivity index (χ3v) is 6.02. The van der Waals surface area contributed by atoms with Crippen LogP contribution in [0.1, 0.15) is 47.2 Å². The maximum Gasteiger partial charge on any atom is 0.249 e. The van der Waals surface area contributed by atoms with Gasteiger partial charge in [0.25, 0.3) is 0 Å². The van der Waals surface area contributed by atoms with E-state index in [1.165, 1.54) is 18.4 Å². The summed E-state index contributed by atoms with van der Waals surface area (Å²) in [4.78, 5) is 11.7. The van der Waals surface area contributed by atoms with Gasteiger partial charge < -0.3 is 5.73 Å². The number of amides is 1. The van der Waals surface area contributed by atoms with Crippen LogP contribution in [-0.4, -0.2) is 38.5 Å². The molecule has 0 fully saturated rings. The van der Waals surface area contributed by atoms with Gasteiger partial charge in [0, 0.05) is 19.7 Å². The summed E-state index contributed by atoms with van der Waals surface area (Å²) in [5.74, 6) is -0.395. The molecule has 1 aromatic carbocycles. The lowest BCUT2D eigenvalue weighted by molar-refractivity contribution is 0.1000. The Labute approximate surface area is 138 Å². The minimum absolute atomic E-state index is 0.0500. The molecule has 2 N–H and O–H groups in total. The average Bonchev–Trinajstić information content (AvgIpc) is 2.53. The van der Waals surface area contributed by atoms with Gasteiger partial charge in [-0.25, -0.2) is 12.7 Å². The second kappa shape index (κ2) is 7.27. The molecule has 126 valence electrons.